The van der Waals surface area contributed by atoms with E-state index >= 15 is 0 Å². The number of pyridine rings is 1. The summed E-state index contributed by atoms with van der Waals surface area (Å²) in [7, 11) is 0. The van der Waals surface area contributed by atoms with Crippen molar-refractivity contribution in [3.05, 3.63) is 30.5 Å². The topological polar surface area (TPSA) is 64.9 Å². The van der Waals surface area contributed by atoms with Gasteiger partial charge in [0.15, 0.2) is 0 Å². The van der Waals surface area contributed by atoms with E-state index in [4.69, 9.17) is 11.5 Å². The number of hydrogen-bond donors (Lipinski definition) is 2. The number of nitrogens with two attached hydrogens (primary N) is 2. The van der Waals surface area contributed by atoms with Crippen LogP contribution in [-0.2, 0) is 0 Å². The Hall–Kier alpha value is -1.51. The van der Waals surface area contributed by atoms with Gasteiger partial charge in [0, 0.05) is 17.5 Å². The minimum absolute atomic E-state index is 0.462. The van der Waals surface area contributed by atoms with Crippen molar-refractivity contribution >= 4 is 11.5 Å². The fourth-order valence-corrected chi connectivity index (χ4v) is 0.648. The van der Waals surface area contributed by atoms with E-state index in [9.17, 15) is 0 Å². The lowest BCUT2D eigenvalue weighted by Crippen LogP contribution is -1.96. The molecule has 0 saturated heterocycles. The summed E-state index contributed by atoms with van der Waals surface area (Å²) in [5, 5.41) is 0. The molecule has 4 N–H and O–H groups in total. The van der Waals surface area contributed by atoms with Gasteiger partial charge in [-0.15, -0.1) is 0 Å². The predicted octanol–water partition coefficient (Wildman–Crippen LogP) is 0.593. The van der Waals surface area contributed by atoms with E-state index in [1.165, 1.54) is 0 Å². The maximum absolute atomic E-state index is 5.40. The predicted molar refractivity (Wildman–Crippen MR) is 41.9 cm³/mol. The Morgan fingerprint density at radius 3 is 2.70 bits per heavy atom. The maximum atomic E-state index is 5.40. The van der Waals surface area contributed by atoms with E-state index in [0.29, 0.717) is 11.5 Å². The van der Waals surface area contributed by atoms with Crippen LogP contribution >= 0.6 is 0 Å². The van der Waals surface area contributed by atoms with Crippen LogP contribution in [0.3, 0.4) is 0 Å². The second kappa shape index (κ2) is 2.39. The molecular weight excluding hydrogens is 126 g/mol. The molecule has 3 nitrogen and oxygen atoms in total. The lowest BCUT2D eigenvalue weighted by atomic mass is 10.2. The van der Waals surface area contributed by atoms with Crippen LogP contribution in [0.5, 0.6) is 0 Å². The van der Waals surface area contributed by atoms with E-state index in [1.807, 2.05) is 0 Å². The lowest BCUT2D eigenvalue weighted by molar-refractivity contribution is 1.32. The molecule has 0 saturated carbocycles. The summed E-state index contributed by atoms with van der Waals surface area (Å²) < 4.78 is 0. The second-order valence-corrected chi connectivity index (χ2v) is 1.99. The first-order valence-corrected chi connectivity index (χ1v) is 2.86. The lowest BCUT2D eigenvalue weighted by Gasteiger charge is -1.98. The molecular formula is C7H9N3. The molecule has 3 heteroatoms. The van der Waals surface area contributed by atoms with E-state index in [0.717, 1.165) is 5.56 Å². The summed E-state index contributed by atoms with van der Waals surface area (Å²) in [6.45, 7) is 3.56. The Labute approximate surface area is 59.4 Å². The molecule has 0 aliphatic carbocycles. The Morgan fingerprint density at radius 2 is 2.30 bits per heavy atom. The molecule has 1 rings (SSSR count). The van der Waals surface area contributed by atoms with E-state index in [-0.39, 0.29) is 0 Å². The van der Waals surface area contributed by atoms with E-state index in [2.05, 4.69) is 11.6 Å². The summed E-state index contributed by atoms with van der Waals surface area (Å²) >= 11 is 0. The molecule has 0 amide bonds. The van der Waals surface area contributed by atoms with Gasteiger partial charge in [0.2, 0.25) is 0 Å². The first kappa shape index (κ1) is 6.61. The van der Waals surface area contributed by atoms with Gasteiger partial charge in [0.05, 0.1) is 0 Å². The highest BCUT2D eigenvalue weighted by atomic mass is 14.8. The fourth-order valence-electron chi connectivity index (χ4n) is 0.648. The van der Waals surface area contributed by atoms with Crippen LogP contribution in [0.2, 0.25) is 0 Å². The average Bonchev–Trinajstić information content (AvgIpc) is 1.88. The molecule has 0 spiro atoms. The molecule has 0 unspecified atom stereocenters. The van der Waals surface area contributed by atoms with Gasteiger partial charge in [0.1, 0.15) is 5.82 Å². The van der Waals surface area contributed by atoms with Gasteiger partial charge in [-0.2, -0.15) is 0 Å². The molecule has 0 radical (unpaired) electrons. The summed E-state index contributed by atoms with van der Waals surface area (Å²) in [4.78, 5) is 3.80. The Bertz CT molecular complexity index is 255. The minimum Gasteiger partial charge on any atom is -0.399 e. The largest absolute Gasteiger partial charge is 0.399 e. The van der Waals surface area contributed by atoms with Crippen molar-refractivity contribution in [1.29, 1.82) is 0 Å². The number of hydrogen-bond acceptors (Lipinski definition) is 3. The molecule has 0 bridgehead atoms. The van der Waals surface area contributed by atoms with Crippen molar-refractivity contribution in [1.82, 2.24) is 4.98 Å². The fraction of sp³-hybridized carbons (Fsp3) is 0. The zero-order valence-electron chi connectivity index (χ0n) is 5.54. The van der Waals surface area contributed by atoms with Crippen LogP contribution in [-0.4, -0.2) is 4.98 Å². The number of aromatic nitrogens is 1. The van der Waals surface area contributed by atoms with Crippen LogP contribution in [0.1, 0.15) is 5.56 Å². The molecule has 0 aliphatic rings. The molecule has 0 aromatic carbocycles. The van der Waals surface area contributed by atoms with Crippen molar-refractivity contribution in [3.8, 4) is 0 Å². The SMILES string of the molecule is C=C(N)c1ccnc(N)c1. The quantitative estimate of drug-likeness (QED) is 0.592. The Kier molecular flexibility index (Phi) is 1.58. The summed E-state index contributed by atoms with van der Waals surface area (Å²) in [6.07, 6.45) is 1.60. The van der Waals surface area contributed by atoms with Gasteiger partial charge in [0.25, 0.3) is 0 Å². The van der Waals surface area contributed by atoms with Crippen molar-refractivity contribution in [2.24, 2.45) is 5.73 Å². The van der Waals surface area contributed by atoms with Crippen molar-refractivity contribution < 1.29 is 0 Å². The number of anilines is 1. The molecule has 52 valence electrons. The molecule has 0 aliphatic heterocycles. The van der Waals surface area contributed by atoms with Crippen LogP contribution in [0, 0.1) is 0 Å². The highest BCUT2D eigenvalue weighted by Crippen LogP contribution is 2.07. The zero-order valence-corrected chi connectivity index (χ0v) is 5.54. The van der Waals surface area contributed by atoms with Gasteiger partial charge < -0.3 is 11.5 Å². The zero-order chi connectivity index (χ0) is 7.56. The van der Waals surface area contributed by atoms with Crippen molar-refractivity contribution in [3.63, 3.8) is 0 Å². The van der Waals surface area contributed by atoms with Crippen molar-refractivity contribution in [2.75, 3.05) is 5.73 Å². The monoisotopic (exact) mass is 135 g/mol. The normalized spacial score (nSPS) is 9.20. The molecule has 1 aromatic rings. The molecule has 1 aromatic heterocycles. The molecule has 10 heavy (non-hydrogen) atoms. The first-order valence-electron chi connectivity index (χ1n) is 2.86. The first-order chi connectivity index (χ1) is 4.70. The Morgan fingerprint density at radius 1 is 1.60 bits per heavy atom. The highest BCUT2D eigenvalue weighted by Gasteiger charge is 1.92. The number of nitrogens with zero attached hydrogens (tertiary/aromatic N) is 1. The van der Waals surface area contributed by atoms with Gasteiger partial charge in [-0.1, -0.05) is 6.58 Å². The highest BCUT2D eigenvalue weighted by molar-refractivity contribution is 5.61. The van der Waals surface area contributed by atoms with Crippen LogP contribution in [0.25, 0.3) is 5.70 Å². The van der Waals surface area contributed by atoms with Crippen LogP contribution in [0.4, 0.5) is 5.82 Å². The van der Waals surface area contributed by atoms with Gasteiger partial charge in [-0.25, -0.2) is 4.98 Å². The van der Waals surface area contributed by atoms with Crippen LogP contribution in [0.15, 0.2) is 24.9 Å². The second-order valence-electron chi connectivity index (χ2n) is 1.99. The van der Waals surface area contributed by atoms with Gasteiger partial charge in [-0.05, 0) is 12.1 Å². The van der Waals surface area contributed by atoms with E-state index in [1.54, 1.807) is 18.3 Å². The van der Waals surface area contributed by atoms with Crippen molar-refractivity contribution in [2.45, 2.75) is 0 Å². The number of nitrogen functional groups attached to an aromatic ring is 1. The third-order valence-corrected chi connectivity index (χ3v) is 1.15. The number of rotatable bonds is 1. The molecule has 0 atom stereocenters. The van der Waals surface area contributed by atoms with Crippen LogP contribution < -0.4 is 11.5 Å². The third kappa shape index (κ3) is 1.25. The van der Waals surface area contributed by atoms with Gasteiger partial charge >= 0.3 is 0 Å². The standard InChI is InChI=1S/C7H9N3/c1-5(8)6-2-3-10-7(9)4-6/h2-4H,1,8H2,(H2,9,10). The average molecular weight is 135 g/mol. The smallest absolute Gasteiger partial charge is 0.123 e. The molecule has 0 fully saturated rings. The Balaban J connectivity index is 3.07. The van der Waals surface area contributed by atoms with Gasteiger partial charge in [-0.3, -0.25) is 0 Å². The maximum Gasteiger partial charge on any atom is 0.123 e. The summed E-state index contributed by atoms with van der Waals surface area (Å²) in [5.74, 6) is 0.462. The third-order valence-electron chi connectivity index (χ3n) is 1.15. The summed E-state index contributed by atoms with van der Waals surface area (Å²) in [5.41, 5.74) is 12.1. The molecule has 1 heterocycles. The van der Waals surface area contributed by atoms with E-state index < -0.39 is 0 Å². The summed E-state index contributed by atoms with van der Waals surface area (Å²) in [6, 6.07) is 3.45. The minimum atomic E-state index is 0.462.